The van der Waals surface area contributed by atoms with Gasteiger partial charge in [-0.15, -0.1) is 0 Å². The van der Waals surface area contributed by atoms with Crippen LogP contribution in [0.3, 0.4) is 0 Å². The van der Waals surface area contributed by atoms with Crippen molar-refractivity contribution in [3.8, 4) is 5.75 Å². The van der Waals surface area contributed by atoms with Crippen molar-refractivity contribution >= 4 is 0 Å². The van der Waals surface area contributed by atoms with E-state index >= 15 is 0 Å². The number of benzene rings is 1. The number of hydrogen-bond acceptors (Lipinski definition) is 2. The molecule has 1 saturated carbocycles. The number of aliphatic hydroxyl groups excluding tert-OH is 1. The SMILES string of the molecule is COc1ccc2c(c1)CC[C@@]1(C)[C@@H]2CC[C@@H]1O. The average Bonchev–Trinajstić information content (AvgIpc) is 2.65. The van der Waals surface area contributed by atoms with Crippen molar-refractivity contribution in [1.29, 1.82) is 0 Å². The Morgan fingerprint density at radius 3 is 2.94 bits per heavy atom. The lowest BCUT2D eigenvalue weighted by Crippen LogP contribution is -2.35. The molecular weight excluding hydrogens is 212 g/mol. The summed E-state index contributed by atoms with van der Waals surface area (Å²) in [5.41, 5.74) is 2.96. The summed E-state index contributed by atoms with van der Waals surface area (Å²) in [6, 6.07) is 6.42. The number of methoxy groups -OCH3 is 1. The van der Waals surface area contributed by atoms with Gasteiger partial charge in [-0.1, -0.05) is 13.0 Å². The second kappa shape index (κ2) is 3.74. The van der Waals surface area contributed by atoms with E-state index in [0.717, 1.165) is 31.4 Å². The van der Waals surface area contributed by atoms with Crippen molar-refractivity contribution in [2.24, 2.45) is 5.41 Å². The first-order valence-corrected chi connectivity index (χ1v) is 6.50. The van der Waals surface area contributed by atoms with Gasteiger partial charge in [-0.25, -0.2) is 0 Å². The van der Waals surface area contributed by atoms with Crippen LogP contribution in [-0.4, -0.2) is 18.3 Å². The minimum Gasteiger partial charge on any atom is -0.497 e. The second-order valence-electron chi connectivity index (χ2n) is 5.72. The van der Waals surface area contributed by atoms with E-state index in [1.165, 1.54) is 11.1 Å². The van der Waals surface area contributed by atoms with Crippen molar-refractivity contribution in [2.45, 2.75) is 44.6 Å². The lowest BCUT2D eigenvalue weighted by atomic mass is 9.66. The highest BCUT2D eigenvalue weighted by atomic mass is 16.5. The molecule has 0 amide bonds. The number of fused-ring (bicyclic) bond motifs is 3. The Morgan fingerprint density at radius 2 is 2.18 bits per heavy atom. The van der Waals surface area contributed by atoms with Gasteiger partial charge in [0.15, 0.2) is 0 Å². The molecule has 2 nitrogen and oxygen atoms in total. The summed E-state index contributed by atoms with van der Waals surface area (Å²) in [5, 5.41) is 10.2. The summed E-state index contributed by atoms with van der Waals surface area (Å²) in [7, 11) is 1.72. The zero-order chi connectivity index (χ0) is 12.0. The molecule has 0 saturated heterocycles. The Labute approximate surface area is 103 Å². The third-order valence-electron chi connectivity index (χ3n) is 4.94. The van der Waals surface area contributed by atoms with Gasteiger partial charge in [0.25, 0.3) is 0 Å². The molecule has 2 aliphatic carbocycles. The molecule has 1 aromatic rings. The van der Waals surface area contributed by atoms with Crippen LogP contribution < -0.4 is 4.74 Å². The third kappa shape index (κ3) is 1.50. The zero-order valence-electron chi connectivity index (χ0n) is 10.6. The first-order valence-electron chi connectivity index (χ1n) is 6.50. The monoisotopic (exact) mass is 232 g/mol. The van der Waals surface area contributed by atoms with Crippen LogP contribution in [0.25, 0.3) is 0 Å². The fourth-order valence-corrected chi connectivity index (χ4v) is 3.74. The number of ether oxygens (including phenoxy) is 1. The summed E-state index contributed by atoms with van der Waals surface area (Å²) in [4.78, 5) is 0. The topological polar surface area (TPSA) is 29.5 Å². The molecule has 2 aliphatic rings. The minimum atomic E-state index is -0.122. The van der Waals surface area contributed by atoms with E-state index in [-0.39, 0.29) is 11.5 Å². The van der Waals surface area contributed by atoms with Crippen LogP contribution in [0.15, 0.2) is 18.2 Å². The van der Waals surface area contributed by atoms with E-state index in [1.807, 2.05) is 0 Å². The number of aryl methyl sites for hydroxylation is 1. The fraction of sp³-hybridized carbons (Fsp3) is 0.600. The predicted octanol–water partition coefficient (Wildman–Crippen LogP) is 2.89. The van der Waals surface area contributed by atoms with Crippen LogP contribution >= 0.6 is 0 Å². The summed E-state index contributed by atoms with van der Waals surface area (Å²) >= 11 is 0. The van der Waals surface area contributed by atoms with Gasteiger partial charge in [0.05, 0.1) is 13.2 Å². The van der Waals surface area contributed by atoms with Crippen molar-refractivity contribution in [3.05, 3.63) is 29.3 Å². The van der Waals surface area contributed by atoms with Crippen molar-refractivity contribution < 1.29 is 9.84 Å². The Balaban J connectivity index is 2.04. The molecule has 0 aliphatic heterocycles. The Kier molecular flexibility index (Phi) is 2.44. The van der Waals surface area contributed by atoms with E-state index in [0.29, 0.717) is 5.92 Å². The largest absolute Gasteiger partial charge is 0.497 e. The summed E-state index contributed by atoms with van der Waals surface area (Å²) < 4.78 is 5.29. The first kappa shape index (κ1) is 11.1. The smallest absolute Gasteiger partial charge is 0.119 e. The van der Waals surface area contributed by atoms with Gasteiger partial charge in [-0.2, -0.15) is 0 Å². The maximum atomic E-state index is 10.2. The maximum Gasteiger partial charge on any atom is 0.119 e. The van der Waals surface area contributed by atoms with Crippen molar-refractivity contribution in [2.75, 3.05) is 7.11 Å². The number of hydrogen-bond donors (Lipinski definition) is 1. The standard InChI is InChI=1S/C15H20O2/c1-15-8-7-10-9-11(17-2)3-4-12(10)13(15)5-6-14(15)16/h3-4,9,13-14,16H,5-8H2,1-2H3/t13-,14+,15+/m1/s1. The van der Waals surface area contributed by atoms with Gasteiger partial charge >= 0.3 is 0 Å². The molecule has 1 N–H and O–H groups in total. The van der Waals surface area contributed by atoms with Crippen LogP contribution in [-0.2, 0) is 6.42 Å². The summed E-state index contributed by atoms with van der Waals surface area (Å²) in [5.74, 6) is 1.48. The molecule has 1 fully saturated rings. The molecule has 0 unspecified atom stereocenters. The number of aliphatic hydroxyl groups is 1. The lowest BCUT2D eigenvalue weighted by Gasteiger charge is -2.40. The molecule has 2 heteroatoms. The molecule has 3 atom stereocenters. The van der Waals surface area contributed by atoms with E-state index in [2.05, 4.69) is 25.1 Å². The lowest BCUT2D eigenvalue weighted by molar-refractivity contribution is 0.0457. The van der Waals surface area contributed by atoms with Crippen LogP contribution in [0.4, 0.5) is 0 Å². The molecule has 92 valence electrons. The van der Waals surface area contributed by atoms with Crippen molar-refractivity contribution in [1.82, 2.24) is 0 Å². The molecule has 17 heavy (non-hydrogen) atoms. The fourth-order valence-electron chi connectivity index (χ4n) is 3.74. The van der Waals surface area contributed by atoms with E-state index < -0.39 is 0 Å². The van der Waals surface area contributed by atoms with Crippen molar-refractivity contribution in [3.63, 3.8) is 0 Å². The van der Waals surface area contributed by atoms with Gasteiger partial charge in [-0.3, -0.25) is 0 Å². The highest BCUT2D eigenvalue weighted by Crippen LogP contribution is 2.55. The van der Waals surface area contributed by atoms with Gasteiger partial charge in [0.2, 0.25) is 0 Å². The third-order valence-corrected chi connectivity index (χ3v) is 4.94. The summed E-state index contributed by atoms with van der Waals surface area (Å²) in [6.07, 6.45) is 4.11. The molecule has 0 radical (unpaired) electrons. The Hall–Kier alpha value is -1.02. The molecule has 0 aromatic heterocycles. The molecular formula is C15H20O2. The van der Waals surface area contributed by atoms with Gasteiger partial charge in [0, 0.05) is 5.41 Å². The van der Waals surface area contributed by atoms with Crippen LogP contribution in [0.1, 0.15) is 43.2 Å². The Morgan fingerprint density at radius 1 is 1.35 bits per heavy atom. The molecule has 1 aromatic carbocycles. The predicted molar refractivity (Wildman–Crippen MR) is 67.4 cm³/mol. The maximum absolute atomic E-state index is 10.2. The second-order valence-corrected chi connectivity index (χ2v) is 5.72. The Bertz CT molecular complexity index is 441. The highest BCUT2D eigenvalue weighted by Gasteiger charge is 2.48. The normalized spacial score (nSPS) is 35.2. The van der Waals surface area contributed by atoms with Crippen LogP contribution in [0.5, 0.6) is 5.75 Å². The van der Waals surface area contributed by atoms with Gasteiger partial charge in [0.1, 0.15) is 5.75 Å². The number of rotatable bonds is 1. The molecule has 0 spiro atoms. The minimum absolute atomic E-state index is 0.0988. The van der Waals surface area contributed by atoms with Crippen LogP contribution in [0, 0.1) is 5.41 Å². The first-order chi connectivity index (χ1) is 8.15. The zero-order valence-corrected chi connectivity index (χ0v) is 10.6. The molecule has 0 heterocycles. The molecule has 3 rings (SSSR count). The summed E-state index contributed by atoms with van der Waals surface area (Å²) in [6.45, 7) is 2.25. The highest BCUT2D eigenvalue weighted by molar-refractivity contribution is 5.41. The van der Waals surface area contributed by atoms with Crippen LogP contribution in [0.2, 0.25) is 0 Å². The quantitative estimate of drug-likeness (QED) is 0.806. The van der Waals surface area contributed by atoms with E-state index in [4.69, 9.17) is 4.74 Å². The van der Waals surface area contributed by atoms with E-state index in [9.17, 15) is 5.11 Å². The average molecular weight is 232 g/mol. The van der Waals surface area contributed by atoms with E-state index in [1.54, 1.807) is 7.11 Å². The molecule has 0 bridgehead atoms. The van der Waals surface area contributed by atoms with Gasteiger partial charge < -0.3 is 9.84 Å². The van der Waals surface area contributed by atoms with Gasteiger partial charge in [-0.05, 0) is 54.9 Å².